The lowest BCUT2D eigenvalue weighted by molar-refractivity contribution is -0.120. The zero-order valence-corrected chi connectivity index (χ0v) is 14.0. The van der Waals surface area contributed by atoms with E-state index in [2.05, 4.69) is 15.9 Å². The number of benzene rings is 1. The summed E-state index contributed by atoms with van der Waals surface area (Å²) in [5.41, 5.74) is 1.08. The van der Waals surface area contributed by atoms with Gasteiger partial charge in [-0.3, -0.25) is 9.59 Å². The molecule has 0 radical (unpaired) electrons. The Morgan fingerprint density at radius 2 is 1.70 bits per heavy atom. The van der Waals surface area contributed by atoms with E-state index in [-0.39, 0.29) is 23.6 Å². The fourth-order valence-corrected chi connectivity index (χ4v) is 3.51. The standard InChI is InChI=1S/C17H15BrFNO3/c18-12-7-13(19)14(8-15(12)23-9-5-6-9)20-16(21)10-3-1-2-4-11(10)17(20)22/h7-9H,1-6H2. The average molecular weight is 380 g/mol. The van der Waals surface area contributed by atoms with Crippen LogP contribution >= 0.6 is 15.9 Å². The van der Waals surface area contributed by atoms with E-state index in [1.54, 1.807) is 0 Å². The smallest absolute Gasteiger partial charge is 0.261 e. The van der Waals surface area contributed by atoms with E-state index in [1.165, 1.54) is 12.1 Å². The monoisotopic (exact) mass is 379 g/mol. The summed E-state index contributed by atoms with van der Waals surface area (Å²) in [6.45, 7) is 0. The van der Waals surface area contributed by atoms with Gasteiger partial charge < -0.3 is 4.74 Å². The van der Waals surface area contributed by atoms with Crippen LogP contribution in [-0.4, -0.2) is 17.9 Å². The molecular formula is C17H15BrFNO3. The summed E-state index contributed by atoms with van der Waals surface area (Å²) < 4.78 is 20.6. The van der Waals surface area contributed by atoms with E-state index >= 15 is 0 Å². The third kappa shape index (κ3) is 2.49. The molecule has 0 unspecified atom stereocenters. The third-order valence-corrected chi connectivity index (χ3v) is 5.07. The average Bonchev–Trinajstić information content (AvgIpc) is 3.31. The number of anilines is 1. The van der Waals surface area contributed by atoms with Crippen molar-refractivity contribution in [3.63, 3.8) is 0 Å². The number of hydrogen-bond acceptors (Lipinski definition) is 3. The molecular weight excluding hydrogens is 365 g/mol. The van der Waals surface area contributed by atoms with Crippen LogP contribution in [0.15, 0.2) is 27.8 Å². The molecule has 23 heavy (non-hydrogen) atoms. The molecule has 0 N–H and O–H groups in total. The summed E-state index contributed by atoms with van der Waals surface area (Å²) in [6, 6.07) is 2.71. The molecule has 1 aromatic rings. The van der Waals surface area contributed by atoms with Crippen LogP contribution in [0.1, 0.15) is 38.5 Å². The maximum absolute atomic E-state index is 14.4. The maximum atomic E-state index is 14.4. The lowest BCUT2D eigenvalue weighted by Gasteiger charge is -2.18. The van der Waals surface area contributed by atoms with Gasteiger partial charge in [-0.2, -0.15) is 0 Å². The first-order valence-electron chi connectivity index (χ1n) is 7.83. The van der Waals surface area contributed by atoms with E-state index in [4.69, 9.17) is 4.74 Å². The van der Waals surface area contributed by atoms with E-state index in [9.17, 15) is 14.0 Å². The van der Waals surface area contributed by atoms with Crippen molar-refractivity contribution in [2.75, 3.05) is 4.90 Å². The highest BCUT2D eigenvalue weighted by atomic mass is 79.9. The first kappa shape index (κ1) is 14.9. The summed E-state index contributed by atoms with van der Waals surface area (Å²) in [4.78, 5) is 26.1. The third-order valence-electron chi connectivity index (χ3n) is 4.45. The quantitative estimate of drug-likeness (QED) is 0.748. The van der Waals surface area contributed by atoms with Gasteiger partial charge >= 0.3 is 0 Å². The molecule has 0 bridgehead atoms. The lowest BCUT2D eigenvalue weighted by Crippen LogP contribution is -2.32. The second-order valence-corrected chi connectivity index (χ2v) is 7.02. The number of carbonyl (C=O) groups excluding carboxylic acids is 2. The predicted molar refractivity (Wildman–Crippen MR) is 85.7 cm³/mol. The Labute approximate surface area is 141 Å². The van der Waals surface area contributed by atoms with Gasteiger partial charge in [0.2, 0.25) is 0 Å². The Morgan fingerprint density at radius 3 is 2.26 bits per heavy atom. The van der Waals surface area contributed by atoms with Crippen LogP contribution in [0.25, 0.3) is 0 Å². The van der Waals surface area contributed by atoms with Gasteiger partial charge in [-0.25, -0.2) is 9.29 Å². The number of ether oxygens (including phenoxy) is 1. The molecule has 1 fully saturated rings. The Morgan fingerprint density at radius 1 is 1.09 bits per heavy atom. The van der Waals surface area contributed by atoms with Crippen molar-refractivity contribution in [3.05, 3.63) is 33.6 Å². The van der Waals surface area contributed by atoms with Gasteiger partial charge in [-0.1, -0.05) is 0 Å². The number of imide groups is 1. The fraction of sp³-hybridized carbons (Fsp3) is 0.412. The van der Waals surface area contributed by atoms with Gasteiger partial charge in [-0.15, -0.1) is 0 Å². The molecule has 1 aliphatic heterocycles. The molecule has 0 saturated heterocycles. The second kappa shape index (κ2) is 5.44. The van der Waals surface area contributed by atoms with Crippen LogP contribution in [0.3, 0.4) is 0 Å². The molecule has 1 saturated carbocycles. The van der Waals surface area contributed by atoms with Gasteiger partial charge in [0.15, 0.2) is 0 Å². The minimum Gasteiger partial charge on any atom is -0.489 e. The molecule has 1 heterocycles. The van der Waals surface area contributed by atoms with E-state index in [1.807, 2.05) is 0 Å². The highest BCUT2D eigenvalue weighted by Crippen LogP contribution is 2.40. The lowest BCUT2D eigenvalue weighted by atomic mass is 9.93. The highest BCUT2D eigenvalue weighted by molar-refractivity contribution is 9.10. The minimum atomic E-state index is -0.610. The summed E-state index contributed by atoms with van der Waals surface area (Å²) in [7, 11) is 0. The SMILES string of the molecule is O=C1C2=C(CCCC2)C(=O)N1c1cc(OC2CC2)c(Br)cc1F. The predicted octanol–water partition coefficient (Wildman–Crippen LogP) is 3.87. The summed E-state index contributed by atoms with van der Waals surface area (Å²) in [5.74, 6) is -0.914. The van der Waals surface area contributed by atoms with Crippen molar-refractivity contribution in [3.8, 4) is 5.75 Å². The summed E-state index contributed by atoms with van der Waals surface area (Å²) in [6.07, 6.45) is 5.06. The Bertz CT molecular complexity index is 726. The van der Waals surface area contributed by atoms with Gasteiger partial charge in [0, 0.05) is 17.2 Å². The van der Waals surface area contributed by atoms with Gasteiger partial charge in [0.1, 0.15) is 11.6 Å². The molecule has 3 aliphatic rings. The summed E-state index contributed by atoms with van der Waals surface area (Å²) in [5, 5.41) is 0. The Hall–Kier alpha value is -1.69. The van der Waals surface area contributed by atoms with Crippen molar-refractivity contribution in [2.24, 2.45) is 0 Å². The molecule has 0 atom stereocenters. The number of nitrogens with zero attached hydrogens (tertiary/aromatic N) is 1. The number of amides is 2. The van der Waals surface area contributed by atoms with Crippen LogP contribution in [0.5, 0.6) is 5.75 Å². The normalized spacial score (nSPS) is 21.0. The zero-order chi connectivity index (χ0) is 16.1. The number of rotatable bonds is 3. The van der Waals surface area contributed by atoms with Crippen molar-refractivity contribution in [1.82, 2.24) is 0 Å². The Balaban J connectivity index is 1.73. The van der Waals surface area contributed by atoms with Crippen molar-refractivity contribution < 1.29 is 18.7 Å². The molecule has 0 spiro atoms. The van der Waals surface area contributed by atoms with Crippen LogP contribution in [0.4, 0.5) is 10.1 Å². The fourth-order valence-electron chi connectivity index (χ4n) is 3.10. The highest BCUT2D eigenvalue weighted by Gasteiger charge is 2.41. The topological polar surface area (TPSA) is 46.6 Å². The second-order valence-electron chi connectivity index (χ2n) is 6.16. The van der Waals surface area contributed by atoms with Crippen LogP contribution in [0.2, 0.25) is 0 Å². The maximum Gasteiger partial charge on any atom is 0.261 e. The van der Waals surface area contributed by atoms with Crippen molar-refractivity contribution in [2.45, 2.75) is 44.6 Å². The van der Waals surface area contributed by atoms with Crippen molar-refractivity contribution in [1.29, 1.82) is 0 Å². The van der Waals surface area contributed by atoms with Gasteiger partial charge in [-0.05, 0) is 60.5 Å². The van der Waals surface area contributed by atoms with Crippen molar-refractivity contribution >= 4 is 33.4 Å². The summed E-state index contributed by atoms with van der Waals surface area (Å²) >= 11 is 3.27. The number of hydrogen-bond donors (Lipinski definition) is 0. The van der Waals surface area contributed by atoms with Gasteiger partial charge in [0.25, 0.3) is 11.8 Å². The molecule has 2 amide bonds. The number of halogens is 2. The largest absolute Gasteiger partial charge is 0.489 e. The first-order valence-corrected chi connectivity index (χ1v) is 8.62. The molecule has 0 aromatic heterocycles. The van der Waals surface area contributed by atoms with Crippen LogP contribution in [0, 0.1) is 5.82 Å². The first-order chi connectivity index (χ1) is 11.1. The molecule has 6 heteroatoms. The van der Waals surface area contributed by atoms with E-state index in [0.717, 1.165) is 30.6 Å². The van der Waals surface area contributed by atoms with Crippen LogP contribution in [-0.2, 0) is 9.59 Å². The van der Waals surface area contributed by atoms with E-state index in [0.29, 0.717) is 34.2 Å². The minimum absolute atomic E-state index is 0.0201. The number of carbonyl (C=O) groups is 2. The molecule has 4 rings (SSSR count). The molecule has 120 valence electrons. The van der Waals surface area contributed by atoms with Crippen LogP contribution < -0.4 is 9.64 Å². The molecule has 1 aromatic carbocycles. The molecule has 2 aliphatic carbocycles. The van der Waals surface area contributed by atoms with E-state index < -0.39 is 5.82 Å². The zero-order valence-electron chi connectivity index (χ0n) is 12.4. The Kier molecular flexibility index (Phi) is 3.52. The van der Waals surface area contributed by atoms with Gasteiger partial charge in [0.05, 0.1) is 16.3 Å². The molecule has 4 nitrogen and oxygen atoms in total.